The second-order valence-corrected chi connectivity index (χ2v) is 8.87. The minimum Gasteiger partial charge on any atom is -0.382 e. The molecule has 188 valence electrons. The van der Waals surface area contributed by atoms with Crippen molar-refractivity contribution >= 4 is 17.4 Å². The number of aliphatic hydroxyl groups is 1. The van der Waals surface area contributed by atoms with Crippen LogP contribution in [0.15, 0.2) is 42.9 Å². The van der Waals surface area contributed by atoms with Crippen molar-refractivity contribution in [3.8, 4) is 22.6 Å². The maximum absolute atomic E-state index is 12.9. The number of benzene rings is 1. The number of hydrogen-bond acceptors (Lipinski definition) is 6. The highest BCUT2D eigenvalue weighted by molar-refractivity contribution is 5.96. The van der Waals surface area contributed by atoms with Crippen LogP contribution in [0, 0.1) is 6.92 Å². The Morgan fingerprint density at radius 3 is 2.67 bits per heavy atom. The number of imidazole rings is 1. The Bertz CT molecular complexity index is 1440. The van der Waals surface area contributed by atoms with Crippen molar-refractivity contribution in [2.45, 2.75) is 38.1 Å². The van der Waals surface area contributed by atoms with E-state index in [1.165, 1.54) is 0 Å². The zero-order chi connectivity index (χ0) is 25.6. The molecule has 3 N–H and O–H groups in total. The first kappa shape index (κ1) is 23.8. The van der Waals surface area contributed by atoms with Crippen LogP contribution in [0.2, 0.25) is 0 Å². The number of fused-ring (bicyclic) bond motifs is 1. The van der Waals surface area contributed by atoms with Crippen LogP contribution in [0.4, 0.5) is 19.0 Å². The summed E-state index contributed by atoms with van der Waals surface area (Å²) in [4.78, 5) is 21.4. The number of halogens is 3. The highest BCUT2D eigenvalue weighted by atomic mass is 19.4. The van der Waals surface area contributed by atoms with E-state index in [1.54, 1.807) is 46.9 Å². The molecule has 1 amide bonds. The molecule has 5 rings (SSSR count). The number of hydrogen-bond donors (Lipinski definition) is 3. The molecule has 1 saturated carbocycles. The van der Waals surface area contributed by atoms with E-state index in [9.17, 15) is 23.1 Å². The highest BCUT2D eigenvalue weighted by Gasteiger charge is 2.38. The Hall–Kier alpha value is -3.93. The zero-order valence-electron chi connectivity index (χ0n) is 19.5. The highest BCUT2D eigenvalue weighted by Crippen LogP contribution is 2.29. The summed E-state index contributed by atoms with van der Waals surface area (Å²) < 4.78 is 41.9. The van der Waals surface area contributed by atoms with Crippen molar-refractivity contribution in [3.63, 3.8) is 0 Å². The Balaban J connectivity index is 1.55. The molecule has 1 atom stereocenters. The first-order chi connectivity index (χ1) is 17.1. The lowest BCUT2D eigenvalue weighted by molar-refractivity contribution is -0.198. The van der Waals surface area contributed by atoms with Gasteiger partial charge in [-0.15, -0.1) is 0 Å². The Morgan fingerprint density at radius 1 is 1.25 bits per heavy atom. The monoisotopic (exact) mass is 499 g/mol. The molecule has 3 aromatic heterocycles. The summed E-state index contributed by atoms with van der Waals surface area (Å²) >= 11 is 0. The largest absolute Gasteiger partial charge is 0.416 e. The van der Waals surface area contributed by atoms with E-state index in [0.29, 0.717) is 28.3 Å². The molecule has 0 bridgehead atoms. The van der Waals surface area contributed by atoms with E-state index in [1.807, 2.05) is 19.1 Å². The molecule has 0 aliphatic heterocycles. The van der Waals surface area contributed by atoms with E-state index in [4.69, 9.17) is 0 Å². The molecule has 1 fully saturated rings. The molecule has 36 heavy (non-hydrogen) atoms. The third-order valence-electron chi connectivity index (χ3n) is 6.10. The van der Waals surface area contributed by atoms with Crippen molar-refractivity contribution in [1.82, 2.24) is 29.5 Å². The van der Waals surface area contributed by atoms with Crippen LogP contribution in [-0.4, -0.2) is 60.0 Å². The number of alkyl halides is 3. The smallest absolute Gasteiger partial charge is 0.382 e. The van der Waals surface area contributed by atoms with Gasteiger partial charge in [-0.1, -0.05) is 6.07 Å². The van der Waals surface area contributed by atoms with E-state index < -0.39 is 18.8 Å². The number of anilines is 1. The minimum absolute atomic E-state index is 0.0837. The van der Waals surface area contributed by atoms with Crippen LogP contribution in [0.5, 0.6) is 0 Å². The van der Waals surface area contributed by atoms with Crippen LogP contribution >= 0.6 is 0 Å². The normalized spacial score (nSPS) is 14.7. The predicted octanol–water partition coefficient (Wildman–Crippen LogP) is 3.33. The zero-order valence-corrected chi connectivity index (χ0v) is 19.5. The molecular weight excluding hydrogens is 475 g/mol. The summed E-state index contributed by atoms with van der Waals surface area (Å²) in [5, 5.41) is 19.2. The SMILES string of the molecule is Cc1cc(-c2cnc3c(NCC(O)C(F)(F)F)nc(-c4ccnn4C)cn23)ccc1C(=O)NC1CC1. The number of carbonyl (C=O) groups excluding carboxylic acids is 1. The van der Waals surface area contributed by atoms with Crippen molar-refractivity contribution in [2.24, 2.45) is 7.05 Å². The first-order valence-electron chi connectivity index (χ1n) is 11.4. The van der Waals surface area contributed by atoms with Gasteiger partial charge < -0.3 is 15.7 Å². The number of nitrogens with zero attached hydrogens (tertiary/aromatic N) is 5. The molecule has 0 radical (unpaired) electrons. The van der Waals surface area contributed by atoms with Gasteiger partial charge in [0.25, 0.3) is 5.91 Å². The quantitative estimate of drug-likeness (QED) is 0.360. The lowest BCUT2D eigenvalue weighted by Crippen LogP contribution is -2.35. The summed E-state index contributed by atoms with van der Waals surface area (Å²) in [5.41, 5.74) is 4.17. The van der Waals surface area contributed by atoms with Crippen molar-refractivity contribution in [2.75, 3.05) is 11.9 Å². The van der Waals surface area contributed by atoms with Gasteiger partial charge in [-0.3, -0.25) is 13.9 Å². The van der Waals surface area contributed by atoms with Gasteiger partial charge in [-0.25, -0.2) is 9.97 Å². The second-order valence-electron chi connectivity index (χ2n) is 8.87. The lowest BCUT2D eigenvalue weighted by Gasteiger charge is -2.16. The minimum atomic E-state index is -4.77. The van der Waals surface area contributed by atoms with Gasteiger partial charge in [0.05, 0.1) is 24.1 Å². The van der Waals surface area contributed by atoms with Gasteiger partial charge in [0, 0.05) is 36.6 Å². The molecular formula is C24H24F3N7O2. The number of aromatic nitrogens is 5. The fourth-order valence-corrected chi connectivity index (χ4v) is 3.95. The molecule has 4 aromatic rings. The summed E-state index contributed by atoms with van der Waals surface area (Å²) in [5.74, 6) is -0.0301. The van der Waals surface area contributed by atoms with E-state index in [2.05, 4.69) is 25.7 Å². The molecule has 3 heterocycles. The molecule has 0 saturated heterocycles. The van der Waals surface area contributed by atoms with E-state index in [0.717, 1.165) is 24.0 Å². The van der Waals surface area contributed by atoms with Gasteiger partial charge in [-0.05, 0) is 43.5 Å². The van der Waals surface area contributed by atoms with Gasteiger partial charge >= 0.3 is 6.18 Å². The fraction of sp³-hybridized carbons (Fsp3) is 0.333. The van der Waals surface area contributed by atoms with E-state index in [-0.39, 0.29) is 17.8 Å². The second kappa shape index (κ2) is 8.94. The molecule has 1 aliphatic carbocycles. The number of aliphatic hydroxyl groups excluding tert-OH is 1. The van der Waals surface area contributed by atoms with Gasteiger partial charge in [-0.2, -0.15) is 18.3 Å². The topological polar surface area (TPSA) is 109 Å². The van der Waals surface area contributed by atoms with Crippen molar-refractivity contribution in [1.29, 1.82) is 0 Å². The summed E-state index contributed by atoms with van der Waals surface area (Å²) in [6.07, 6.45) is -0.439. The van der Waals surface area contributed by atoms with Crippen LogP contribution in [-0.2, 0) is 7.05 Å². The van der Waals surface area contributed by atoms with Crippen LogP contribution in [0.25, 0.3) is 28.3 Å². The summed E-state index contributed by atoms with van der Waals surface area (Å²) in [6, 6.07) is 7.41. The molecule has 1 aliphatic rings. The Labute approximate surface area is 204 Å². The Kier molecular flexibility index (Phi) is 5.91. The third kappa shape index (κ3) is 4.63. The maximum atomic E-state index is 12.9. The average Bonchev–Trinajstić information content (AvgIpc) is 3.36. The molecule has 0 spiro atoms. The van der Waals surface area contributed by atoms with Crippen LogP contribution in [0.1, 0.15) is 28.8 Å². The average molecular weight is 499 g/mol. The number of amides is 1. The number of aryl methyl sites for hydroxylation is 2. The van der Waals surface area contributed by atoms with Crippen molar-refractivity contribution < 1.29 is 23.1 Å². The molecule has 9 nitrogen and oxygen atoms in total. The third-order valence-corrected chi connectivity index (χ3v) is 6.10. The van der Waals surface area contributed by atoms with Crippen molar-refractivity contribution in [3.05, 3.63) is 54.0 Å². The standard InChI is InChI=1S/C24H24F3N7O2/c1-13-9-14(3-6-16(13)23(36)31-15-4-5-15)19-10-29-22-21(28-11-20(35)24(25,26)27)32-17(12-34(19)22)18-7-8-30-33(18)2/h3,6-10,12,15,20,35H,4-5,11H2,1-2H3,(H,28,32)(H,31,36). The maximum Gasteiger partial charge on any atom is 0.416 e. The number of rotatable bonds is 7. The predicted molar refractivity (Wildman–Crippen MR) is 126 cm³/mol. The molecule has 1 aromatic carbocycles. The summed E-state index contributed by atoms with van der Waals surface area (Å²) in [6.45, 7) is 1.07. The molecule has 1 unspecified atom stereocenters. The van der Waals surface area contributed by atoms with Gasteiger partial charge in [0.2, 0.25) is 0 Å². The molecule has 12 heteroatoms. The van der Waals surface area contributed by atoms with E-state index >= 15 is 0 Å². The van der Waals surface area contributed by atoms with Gasteiger partial charge in [0.1, 0.15) is 5.69 Å². The number of nitrogens with one attached hydrogen (secondary N) is 2. The summed E-state index contributed by atoms with van der Waals surface area (Å²) in [7, 11) is 1.73. The first-order valence-corrected chi connectivity index (χ1v) is 11.4. The van der Waals surface area contributed by atoms with Crippen LogP contribution in [0.3, 0.4) is 0 Å². The fourth-order valence-electron chi connectivity index (χ4n) is 3.95. The van der Waals surface area contributed by atoms with Gasteiger partial charge in [0.15, 0.2) is 17.6 Å². The Morgan fingerprint density at radius 2 is 2.03 bits per heavy atom. The van der Waals surface area contributed by atoms with Crippen LogP contribution < -0.4 is 10.6 Å². The lowest BCUT2D eigenvalue weighted by atomic mass is 10.0. The number of carbonyl (C=O) groups is 1.